The van der Waals surface area contributed by atoms with E-state index in [4.69, 9.17) is 23.2 Å². The Balaban J connectivity index is 1.64. The second-order valence-electron chi connectivity index (χ2n) is 4.97. The molecule has 0 aliphatic rings. The topological polar surface area (TPSA) is 86.9 Å². The van der Waals surface area contributed by atoms with Gasteiger partial charge in [-0.05, 0) is 24.3 Å². The van der Waals surface area contributed by atoms with E-state index in [0.29, 0.717) is 21.1 Å². The highest BCUT2D eigenvalue weighted by molar-refractivity contribution is 6.35. The summed E-state index contributed by atoms with van der Waals surface area (Å²) in [5.41, 5.74) is 1.37. The maximum atomic E-state index is 12.2. The number of benzene rings is 2. The number of aromatic amines is 1. The van der Waals surface area contributed by atoms with Crippen LogP contribution < -0.4 is 10.6 Å². The van der Waals surface area contributed by atoms with E-state index in [-0.39, 0.29) is 12.2 Å². The third kappa shape index (κ3) is 3.50. The lowest BCUT2D eigenvalue weighted by atomic mass is 10.2. The van der Waals surface area contributed by atoms with Gasteiger partial charge in [0, 0.05) is 10.4 Å². The molecule has 122 valence electrons. The van der Waals surface area contributed by atoms with E-state index in [9.17, 15) is 9.59 Å². The molecule has 1 heterocycles. The van der Waals surface area contributed by atoms with Crippen molar-refractivity contribution >= 4 is 51.6 Å². The second kappa shape index (κ2) is 6.90. The molecule has 0 unspecified atom stereocenters. The maximum absolute atomic E-state index is 12.2. The van der Waals surface area contributed by atoms with Crippen LogP contribution >= 0.6 is 23.2 Å². The number of nitrogens with zero attached hydrogens (tertiary/aromatic N) is 1. The van der Waals surface area contributed by atoms with Crippen LogP contribution in [0.5, 0.6) is 0 Å². The van der Waals surface area contributed by atoms with Gasteiger partial charge >= 0.3 is 0 Å². The van der Waals surface area contributed by atoms with Crippen molar-refractivity contribution < 1.29 is 9.59 Å². The Morgan fingerprint density at radius 1 is 1.12 bits per heavy atom. The van der Waals surface area contributed by atoms with Crippen LogP contribution in [-0.4, -0.2) is 28.6 Å². The van der Waals surface area contributed by atoms with Gasteiger partial charge in [-0.2, -0.15) is 5.10 Å². The first-order chi connectivity index (χ1) is 11.5. The molecule has 3 aromatic rings. The summed E-state index contributed by atoms with van der Waals surface area (Å²) < 4.78 is 0. The minimum Gasteiger partial charge on any atom is -0.342 e. The van der Waals surface area contributed by atoms with Crippen molar-refractivity contribution in [1.29, 1.82) is 0 Å². The molecule has 0 saturated heterocycles. The molecule has 0 fully saturated rings. The number of carbonyl (C=O) groups excluding carboxylic acids is 2. The van der Waals surface area contributed by atoms with Crippen LogP contribution in [-0.2, 0) is 4.79 Å². The highest BCUT2D eigenvalue weighted by Gasteiger charge is 2.15. The predicted octanol–water partition coefficient (Wildman–Crippen LogP) is 3.24. The molecule has 3 rings (SSSR count). The fourth-order valence-electron chi connectivity index (χ4n) is 2.17. The number of rotatable bonds is 4. The Hall–Kier alpha value is -2.57. The van der Waals surface area contributed by atoms with E-state index in [1.54, 1.807) is 18.2 Å². The monoisotopic (exact) mass is 362 g/mol. The standard InChI is InChI=1S/C16H12Cl2N4O2/c17-9-5-6-11(18)13(7-9)20-14(23)8-19-16(24)15-10-3-1-2-4-12(10)21-22-15/h1-7H,8H2,(H,19,24)(H,20,23)(H,21,22). The van der Waals surface area contributed by atoms with Crippen LogP contribution in [0.2, 0.25) is 10.0 Å². The van der Waals surface area contributed by atoms with Gasteiger partial charge in [0.1, 0.15) is 0 Å². The number of hydrogen-bond acceptors (Lipinski definition) is 3. The quantitative estimate of drug-likeness (QED) is 0.665. The molecular weight excluding hydrogens is 351 g/mol. The zero-order valence-electron chi connectivity index (χ0n) is 12.3. The first-order valence-corrected chi connectivity index (χ1v) is 7.76. The lowest BCUT2D eigenvalue weighted by Crippen LogP contribution is -2.33. The van der Waals surface area contributed by atoms with Crippen molar-refractivity contribution in [1.82, 2.24) is 15.5 Å². The summed E-state index contributed by atoms with van der Waals surface area (Å²) in [4.78, 5) is 24.1. The van der Waals surface area contributed by atoms with Gasteiger partial charge in [-0.15, -0.1) is 0 Å². The van der Waals surface area contributed by atoms with Crippen LogP contribution in [0.25, 0.3) is 10.9 Å². The fourth-order valence-corrected chi connectivity index (χ4v) is 2.51. The van der Waals surface area contributed by atoms with Crippen LogP contribution in [0.15, 0.2) is 42.5 Å². The molecule has 2 amide bonds. The summed E-state index contributed by atoms with van der Waals surface area (Å²) in [5, 5.41) is 13.3. The molecule has 0 aliphatic heterocycles. The normalized spacial score (nSPS) is 10.6. The lowest BCUT2D eigenvalue weighted by Gasteiger charge is -2.08. The molecule has 0 aliphatic carbocycles. The van der Waals surface area contributed by atoms with Crippen LogP contribution in [0.4, 0.5) is 5.69 Å². The minimum absolute atomic E-state index is 0.219. The number of halogens is 2. The largest absolute Gasteiger partial charge is 0.342 e. The third-order valence-electron chi connectivity index (χ3n) is 3.30. The van der Waals surface area contributed by atoms with Crippen molar-refractivity contribution in [3.8, 4) is 0 Å². The summed E-state index contributed by atoms with van der Waals surface area (Å²) in [6.45, 7) is -0.219. The first-order valence-electron chi connectivity index (χ1n) is 7.01. The van der Waals surface area contributed by atoms with E-state index in [2.05, 4.69) is 20.8 Å². The fraction of sp³-hybridized carbons (Fsp3) is 0.0625. The molecule has 3 N–H and O–H groups in total. The van der Waals surface area contributed by atoms with Crippen molar-refractivity contribution in [3.63, 3.8) is 0 Å². The zero-order chi connectivity index (χ0) is 17.1. The molecule has 2 aromatic carbocycles. The maximum Gasteiger partial charge on any atom is 0.272 e. The lowest BCUT2D eigenvalue weighted by molar-refractivity contribution is -0.115. The van der Waals surface area contributed by atoms with Crippen LogP contribution in [0.3, 0.4) is 0 Å². The van der Waals surface area contributed by atoms with E-state index < -0.39 is 11.8 Å². The summed E-state index contributed by atoms with van der Waals surface area (Å²) in [5.74, 6) is -0.868. The number of fused-ring (bicyclic) bond motifs is 1. The van der Waals surface area contributed by atoms with Gasteiger partial charge in [-0.1, -0.05) is 41.4 Å². The van der Waals surface area contributed by atoms with E-state index >= 15 is 0 Å². The molecule has 1 aromatic heterocycles. The summed E-state index contributed by atoms with van der Waals surface area (Å²) in [6, 6.07) is 12.0. The van der Waals surface area contributed by atoms with Gasteiger partial charge in [0.25, 0.3) is 5.91 Å². The molecule has 0 spiro atoms. The molecular formula is C16H12Cl2N4O2. The molecule has 0 bridgehead atoms. The Morgan fingerprint density at radius 2 is 1.92 bits per heavy atom. The van der Waals surface area contributed by atoms with E-state index in [1.807, 2.05) is 18.2 Å². The number of amides is 2. The smallest absolute Gasteiger partial charge is 0.272 e. The summed E-state index contributed by atoms with van der Waals surface area (Å²) in [7, 11) is 0. The Kier molecular flexibility index (Phi) is 4.69. The van der Waals surface area contributed by atoms with Crippen molar-refractivity contribution in [3.05, 3.63) is 58.2 Å². The molecule has 6 nitrogen and oxygen atoms in total. The van der Waals surface area contributed by atoms with Gasteiger partial charge in [-0.3, -0.25) is 14.7 Å². The highest BCUT2D eigenvalue weighted by Crippen LogP contribution is 2.25. The third-order valence-corrected chi connectivity index (χ3v) is 3.86. The number of para-hydroxylation sites is 1. The second-order valence-corrected chi connectivity index (χ2v) is 5.82. The van der Waals surface area contributed by atoms with Crippen molar-refractivity contribution in [2.24, 2.45) is 0 Å². The zero-order valence-corrected chi connectivity index (χ0v) is 13.8. The first kappa shape index (κ1) is 16.3. The van der Waals surface area contributed by atoms with Gasteiger partial charge in [0.15, 0.2) is 5.69 Å². The van der Waals surface area contributed by atoms with Crippen LogP contribution in [0.1, 0.15) is 10.5 Å². The number of hydrogen-bond donors (Lipinski definition) is 3. The number of carbonyl (C=O) groups is 2. The molecule has 0 atom stereocenters. The van der Waals surface area contributed by atoms with Gasteiger partial charge in [0.05, 0.1) is 22.8 Å². The Morgan fingerprint density at radius 3 is 2.75 bits per heavy atom. The molecule has 24 heavy (non-hydrogen) atoms. The number of anilines is 1. The molecule has 8 heteroatoms. The van der Waals surface area contributed by atoms with E-state index in [0.717, 1.165) is 5.52 Å². The average molecular weight is 363 g/mol. The highest BCUT2D eigenvalue weighted by atomic mass is 35.5. The van der Waals surface area contributed by atoms with E-state index in [1.165, 1.54) is 6.07 Å². The number of aromatic nitrogens is 2. The number of H-pyrrole nitrogens is 1. The van der Waals surface area contributed by atoms with Crippen molar-refractivity contribution in [2.45, 2.75) is 0 Å². The average Bonchev–Trinajstić information content (AvgIpc) is 3.00. The number of nitrogens with one attached hydrogen (secondary N) is 3. The summed E-state index contributed by atoms with van der Waals surface area (Å²) in [6.07, 6.45) is 0. The SMILES string of the molecule is O=C(CNC(=O)c1n[nH]c2ccccc12)Nc1cc(Cl)ccc1Cl. The molecule has 0 radical (unpaired) electrons. The van der Waals surface area contributed by atoms with Gasteiger partial charge in [0.2, 0.25) is 5.91 Å². The summed E-state index contributed by atoms with van der Waals surface area (Å²) >= 11 is 11.8. The Labute approximate surface area is 147 Å². The predicted molar refractivity (Wildman–Crippen MR) is 93.5 cm³/mol. The minimum atomic E-state index is -0.445. The van der Waals surface area contributed by atoms with Crippen LogP contribution in [0, 0.1) is 0 Å². The Bertz CT molecular complexity index is 923. The van der Waals surface area contributed by atoms with Gasteiger partial charge < -0.3 is 10.6 Å². The van der Waals surface area contributed by atoms with Gasteiger partial charge in [-0.25, -0.2) is 0 Å². The molecule has 0 saturated carbocycles. The van der Waals surface area contributed by atoms with Crippen molar-refractivity contribution in [2.75, 3.05) is 11.9 Å².